The maximum Gasteiger partial charge on any atom is 0.219 e. The highest BCUT2D eigenvalue weighted by Crippen LogP contribution is 2.28. The van der Waals surface area contributed by atoms with E-state index in [1.54, 1.807) is 6.92 Å². The van der Waals surface area contributed by atoms with Crippen LogP contribution in [0.15, 0.2) is 18.2 Å². The number of fused-ring (bicyclic) bond motifs is 1. The highest BCUT2D eigenvalue weighted by atomic mass is 16.2. The van der Waals surface area contributed by atoms with E-state index >= 15 is 0 Å². The molecule has 0 radical (unpaired) electrons. The lowest BCUT2D eigenvalue weighted by atomic mass is 9.89. The number of benzene rings is 1. The molecule has 0 aliphatic carbocycles. The molecule has 2 aliphatic heterocycles. The predicted octanol–water partition coefficient (Wildman–Crippen LogP) is 3.29. The average molecular weight is 328 g/mol. The van der Waals surface area contributed by atoms with Crippen LogP contribution in [-0.2, 0) is 11.2 Å². The monoisotopic (exact) mass is 328 g/mol. The molecule has 0 bridgehead atoms. The minimum absolute atomic E-state index is 0.170. The molecule has 1 fully saturated rings. The van der Waals surface area contributed by atoms with Crippen molar-refractivity contribution in [3.8, 4) is 0 Å². The first-order valence-corrected chi connectivity index (χ1v) is 9.17. The molecule has 1 saturated heterocycles. The van der Waals surface area contributed by atoms with Gasteiger partial charge in [-0.15, -0.1) is 0 Å². The zero-order chi connectivity index (χ0) is 17.1. The van der Waals surface area contributed by atoms with Crippen molar-refractivity contribution in [3.05, 3.63) is 29.3 Å². The lowest BCUT2D eigenvalue weighted by molar-refractivity contribution is -0.130. The van der Waals surface area contributed by atoms with E-state index < -0.39 is 0 Å². The summed E-state index contributed by atoms with van der Waals surface area (Å²) in [6.07, 6.45) is 5.87. The van der Waals surface area contributed by atoms with Gasteiger partial charge in [-0.2, -0.15) is 0 Å². The van der Waals surface area contributed by atoms with Gasteiger partial charge in [0, 0.05) is 51.3 Å². The highest BCUT2D eigenvalue weighted by molar-refractivity contribution is 5.96. The fourth-order valence-corrected chi connectivity index (χ4v) is 3.97. The molecule has 0 aromatic heterocycles. The second-order valence-corrected chi connectivity index (χ2v) is 7.28. The Hall–Kier alpha value is -1.84. The van der Waals surface area contributed by atoms with Crippen LogP contribution in [0.25, 0.3) is 0 Å². The van der Waals surface area contributed by atoms with Gasteiger partial charge < -0.3 is 9.80 Å². The van der Waals surface area contributed by atoms with Gasteiger partial charge in [-0.25, -0.2) is 0 Å². The molecular formula is C20H28N2O2. The molecule has 24 heavy (non-hydrogen) atoms. The van der Waals surface area contributed by atoms with E-state index in [0.29, 0.717) is 12.3 Å². The minimum Gasteiger partial charge on any atom is -0.374 e. The van der Waals surface area contributed by atoms with Crippen LogP contribution in [0, 0.1) is 5.92 Å². The molecule has 0 N–H and O–H groups in total. The standard InChI is InChI=1S/C20H28N2O2/c1-15(23)22-12-9-16(10-13-22)5-8-20(24)18-6-7-19-17(14-18)4-3-11-21(19)2/h6-7,14,16H,3-5,8-13H2,1-2H3. The quantitative estimate of drug-likeness (QED) is 0.796. The van der Waals surface area contributed by atoms with Crippen molar-refractivity contribution >= 4 is 17.4 Å². The van der Waals surface area contributed by atoms with Gasteiger partial charge in [0.15, 0.2) is 5.78 Å². The normalized spacial score (nSPS) is 18.4. The van der Waals surface area contributed by atoms with Crippen LogP contribution in [-0.4, -0.2) is 43.3 Å². The molecule has 130 valence electrons. The number of piperidine rings is 1. The van der Waals surface area contributed by atoms with Crippen LogP contribution in [0.1, 0.15) is 54.9 Å². The van der Waals surface area contributed by atoms with E-state index in [1.165, 1.54) is 11.3 Å². The molecule has 0 atom stereocenters. The van der Waals surface area contributed by atoms with Crippen LogP contribution in [0.4, 0.5) is 5.69 Å². The predicted molar refractivity (Wildman–Crippen MR) is 96.6 cm³/mol. The Bertz CT molecular complexity index is 618. The van der Waals surface area contributed by atoms with Gasteiger partial charge in [0.05, 0.1) is 0 Å². The van der Waals surface area contributed by atoms with Crippen LogP contribution in [0.3, 0.4) is 0 Å². The summed E-state index contributed by atoms with van der Waals surface area (Å²) in [5, 5.41) is 0. The fraction of sp³-hybridized carbons (Fsp3) is 0.600. The van der Waals surface area contributed by atoms with E-state index in [4.69, 9.17) is 0 Å². The molecule has 2 heterocycles. The zero-order valence-electron chi connectivity index (χ0n) is 14.9. The number of carbonyl (C=O) groups is 2. The molecule has 4 heteroatoms. The summed E-state index contributed by atoms with van der Waals surface area (Å²) >= 11 is 0. The smallest absolute Gasteiger partial charge is 0.219 e. The molecule has 1 amide bonds. The molecule has 3 rings (SSSR count). The van der Waals surface area contributed by atoms with Crippen molar-refractivity contribution in [2.45, 2.75) is 45.4 Å². The zero-order valence-corrected chi connectivity index (χ0v) is 14.9. The van der Waals surface area contributed by atoms with Crippen LogP contribution in [0.2, 0.25) is 0 Å². The van der Waals surface area contributed by atoms with Gasteiger partial charge >= 0.3 is 0 Å². The van der Waals surface area contributed by atoms with Gasteiger partial charge in [0.25, 0.3) is 0 Å². The molecule has 4 nitrogen and oxygen atoms in total. The first-order chi connectivity index (χ1) is 11.5. The number of anilines is 1. The molecule has 0 unspecified atom stereocenters. The topological polar surface area (TPSA) is 40.6 Å². The molecule has 2 aliphatic rings. The van der Waals surface area contributed by atoms with Gasteiger partial charge in [-0.05, 0) is 61.8 Å². The minimum atomic E-state index is 0.170. The lowest BCUT2D eigenvalue weighted by Crippen LogP contribution is -2.37. The molecular weight excluding hydrogens is 300 g/mol. The van der Waals surface area contributed by atoms with Crippen LogP contribution >= 0.6 is 0 Å². The molecule has 0 saturated carbocycles. The third kappa shape index (κ3) is 3.80. The van der Waals surface area contributed by atoms with Crippen LogP contribution in [0.5, 0.6) is 0 Å². The van der Waals surface area contributed by atoms with Crippen molar-refractivity contribution in [1.29, 1.82) is 0 Å². The van der Waals surface area contributed by atoms with E-state index in [0.717, 1.165) is 57.3 Å². The third-order valence-electron chi connectivity index (χ3n) is 5.59. The summed E-state index contributed by atoms with van der Waals surface area (Å²) in [5.41, 5.74) is 3.45. The number of hydrogen-bond acceptors (Lipinski definition) is 3. The molecule has 1 aromatic rings. The summed E-state index contributed by atoms with van der Waals surface area (Å²) in [6.45, 7) is 4.43. The first kappa shape index (κ1) is 17.0. The van der Waals surface area contributed by atoms with Gasteiger partial charge in [-0.3, -0.25) is 9.59 Å². The van der Waals surface area contributed by atoms with Gasteiger partial charge in [-0.1, -0.05) is 0 Å². The third-order valence-corrected chi connectivity index (χ3v) is 5.59. The number of aryl methyl sites for hydroxylation is 1. The van der Waals surface area contributed by atoms with Crippen molar-refractivity contribution < 1.29 is 9.59 Å². The number of likely N-dealkylation sites (tertiary alicyclic amines) is 1. The Morgan fingerprint density at radius 1 is 1.17 bits per heavy atom. The van der Waals surface area contributed by atoms with E-state index in [9.17, 15) is 9.59 Å². The van der Waals surface area contributed by atoms with Crippen molar-refractivity contribution in [1.82, 2.24) is 4.90 Å². The number of ketones is 1. The number of rotatable bonds is 4. The average Bonchev–Trinajstić information content (AvgIpc) is 2.60. The molecule has 1 aromatic carbocycles. The lowest BCUT2D eigenvalue weighted by Gasteiger charge is -2.31. The summed E-state index contributed by atoms with van der Waals surface area (Å²) in [6, 6.07) is 6.19. The Labute approximate surface area is 144 Å². The van der Waals surface area contributed by atoms with Gasteiger partial charge in [0.1, 0.15) is 0 Å². The summed E-state index contributed by atoms with van der Waals surface area (Å²) < 4.78 is 0. The Morgan fingerprint density at radius 2 is 1.92 bits per heavy atom. The van der Waals surface area contributed by atoms with Crippen LogP contribution < -0.4 is 4.90 Å². The largest absolute Gasteiger partial charge is 0.374 e. The Balaban J connectivity index is 1.53. The number of amides is 1. The number of Topliss-reactive ketones (excluding diaryl/α,β-unsaturated/α-hetero) is 1. The summed E-state index contributed by atoms with van der Waals surface area (Å²) in [5.74, 6) is 1.01. The van der Waals surface area contributed by atoms with Crippen molar-refractivity contribution in [2.24, 2.45) is 5.92 Å². The second kappa shape index (κ2) is 7.37. The van der Waals surface area contributed by atoms with E-state index in [-0.39, 0.29) is 11.7 Å². The summed E-state index contributed by atoms with van der Waals surface area (Å²) in [4.78, 5) is 28.1. The number of carbonyl (C=O) groups excluding carboxylic acids is 2. The maximum atomic E-state index is 12.5. The second-order valence-electron chi connectivity index (χ2n) is 7.28. The Morgan fingerprint density at radius 3 is 2.62 bits per heavy atom. The van der Waals surface area contributed by atoms with Crippen molar-refractivity contribution in [3.63, 3.8) is 0 Å². The first-order valence-electron chi connectivity index (χ1n) is 9.17. The van der Waals surface area contributed by atoms with Gasteiger partial charge in [0.2, 0.25) is 5.91 Å². The highest BCUT2D eigenvalue weighted by Gasteiger charge is 2.22. The fourth-order valence-electron chi connectivity index (χ4n) is 3.97. The number of hydrogen-bond donors (Lipinski definition) is 0. The molecule has 0 spiro atoms. The van der Waals surface area contributed by atoms with E-state index in [2.05, 4.69) is 24.1 Å². The van der Waals surface area contributed by atoms with Crippen molar-refractivity contribution in [2.75, 3.05) is 31.6 Å². The Kier molecular flexibility index (Phi) is 5.22. The number of nitrogens with zero attached hydrogens (tertiary/aromatic N) is 2. The maximum absolute atomic E-state index is 12.5. The SMILES string of the molecule is CC(=O)N1CCC(CCC(=O)c2ccc3c(c2)CCCN3C)CC1. The summed E-state index contributed by atoms with van der Waals surface area (Å²) in [7, 11) is 2.12. The van der Waals surface area contributed by atoms with E-state index in [1.807, 2.05) is 11.0 Å².